The predicted molar refractivity (Wildman–Crippen MR) is 54.2 cm³/mol. The maximum atomic E-state index is 6.14. The van der Waals surface area contributed by atoms with E-state index in [0.29, 0.717) is 6.04 Å². The third-order valence-electron chi connectivity index (χ3n) is 5.04. The van der Waals surface area contributed by atoms with Crippen LogP contribution in [-0.2, 0) is 0 Å². The molecule has 1 heteroatoms. The number of rotatable bonds is 1. The van der Waals surface area contributed by atoms with Crippen LogP contribution in [0.3, 0.4) is 0 Å². The van der Waals surface area contributed by atoms with Gasteiger partial charge < -0.3 is 5.73 Å². The Balaban J connectivity index is 1.90. The predicted octanol–water partition coefficient (Wildman–Crippen LogP) is 2.41. The molecule has 0 aromatic rings. The Labute approximate surface area is 81.1 Å². The summed E-state index contributed by atoms with van der Waals surface area (Å²) in [5, 5.41) is 0. The molecule has 3 rings (SSSR count). The van der Waals surface area contributed by atoms with Gasteiger partial charge in [0.2, 0.25) is 0 Å². The van der Waals surface area contributed by atoms with Crippen LogP contribution in [0, 0.1) is 29.6 Å². The van der Waals surface area contributed by atoms with Gasteiger partial charge in [-0.05, 0) is 68.6 Å². The molecule has 6 atom stereocenters. The fraction of sp³-hybridized carbons (Fsp3) is 1.00. The Morgan fingerprint density at radius 3 is 2.54 bits per heavy atom. The zero-order chi connectivity index (χ0) is 9.00. The maximum Gasteiger partial charge on any atom is 0.00441 e. The van der Waals surface area contributed by atoms with E-state index in [1.807, 2.05) is 0 Å². The lowest BCUT2D eigenvalue weighted by molar-refractivity contribution is 0.0663. The first kappa shape index (κ1) is 8.28. The molecule has 3 bridgehead atoms. The summed E-state index contributed by atoms with van der Waals surface area (Å²) in [7, 11) is 0. The first-order valence-corrected chi connectivity index (χ1v) is 6.01. The quantitative estimate of drug-likeness (QED) is 0.657. The molecule has 2 N–H and O–H groups in total. The van der Waals surface area contributed by atoms with Crippen LogP contribution in [0.2, 0.25) is 0 Å². The molecule has 0 aliphatic heterocycles. The number of nitrogens with two attached hydrogens (primary N) is 1. The monoisotopic (exact) mass is 179 g/mol. The van der Waals surface area contributed by atoms with Crippen molar-refractivity contribution in [2.45, 2.75) is 45.1 Å². The van der Waals surface area contributed by atoms with E-state index in [1.54, 1.807) is 6.42 Å². The molecule has 3 saturated carbocycles. The van der Waals surface area contributed by atoms with Crippen LogP contribution in [-0.4, -0.2) is 6.04 Å². The van der Waals surface area contributed by atoms with Gasteiger partial charge in [0.05, 0.1) is 0 Å². The van der Waals surface area contributed by atoms with Gasteiger partial charge in [0.15, 0.2) is 0 Å². The van der Waals surface area contributed by atoms with Crippen molar-refractivity contribution < 1.29 is 0 Å². The van der Waals surface area contributed by atoms with Crippen LogP contribution in [0.25, 0.3) is 0 Å². The van der Waals surface area contributed by atoms with Gasteiger partial charge in [-0.15, -0.1) is 0 Å². The second-order valence-electron chi connectivity index (χ2n) is 5.77. The lowest BCUT2D eigenvalue weighted by Crippen LogP contribution is -2.43. The summed E-state index contributed by atoms with van der Waals surface area (Å²) in [6.45, 7) is 2.23. The minimum atomic E-state index is 0.455. The van der Waals surface area contributed by atoms with Crippen molar-refractivity contribution in [3.05, 3.63) is 0 Å². The summed E-state index contributed by atoms with van der Waals surface area (Å²) >= 11 is 0. The van der Waals surface area contributed by atoms with E-state index >= 15 is 0 Å². The van der Waals surface area contributed by atoms with E-state index in [0.717, 1.165) is 29.6 Å². The van der Waals surface area contributed by atoms with Crippen LogP contribution in [0.1, 0.15) is 39.0 Å². The van der Waals surface area contributed by atoms with E-state index in [2.05, 4.69) is 6.92 Å². The molecule has 0 unspecified atom stereocenters. The molecular weight excluding hydrogens is 158 g/mol. The van der Waals surface area contributed by atoms with Crippen molar-refractivity contribution in [3.8, 4) is 0 Å². The van der Waals surface area contributed by atoms with E-state index < -0.39 is 0 Å². The van der Waals surface area contributed by atoms with E-state index in [1.165, 1.54) is 25.7 Å². The molecule has 13 heavy (non-hydrogen) atoms. The highest BCUT2D eigenvalue weighted by Gasteiger charge is 2.50. The normalized spacial score (nSPS) is 55.4. The Morgan fingerprint density at radius 2 is 1.77 bits per heavy atom. The third-order valence-corrected chi connectivity index (χ3v) is 5.04. The van der Waals surface area contributed by atoms with Gasteiger partial charge in [0, 0.05) is 6.04 Å². The fourth-order valence-corrected chi connectivity index (χ4v) is 4.76. The number of fused-ring (bicyclic) bond motifs is 2. The van der Waals surface area contributed by atoms with Crippen molar-refractivity contribution in [1.29, 1.82) is 0 Å². The average molecular weight is 179 g/mol. The Morgan fingerprint density at radius 1 is 1.08 bits per heavy atom. The first-order valence-electron chi connectivity index (χ1n) is 6.01. The molecule has 3 aliphatic carbocycles. The molecule has 0 amide bonds. The van der Waals surface area contributed by atoms with Crippen LogP contribution in [0.4, 0.5) is 0 Å². The first-order chi connectivity index (χ1) is 6.25. The van der Waals surface area contributed by atoms with Gasteiger partial charge in [0.25, 0.3) is 0 Å². The molecule has 0 radical (unpaired) electrons. The fourth-order valence-electron chi connectivity index (χ4n) is 4.76. The molecule has 3 aliphatic rings. The molecule has 3 fully saturated rings. The van der Waals surface area contributed by atoms with Crippen molar-refractivity contribution in [1.82, 2.24) is 0 Å². The van der Waals surface area contributed by atoms with Gasteiger partial charge in [-0.3, -0.25) is 0 Å². The third kappa shape index (κ3) is 1.09. The minimum Gasteiger partial charge on any atom is -0.328 e. The summed E-state index contributed by atoms with van der Waals surface area (Å²) in [4.78, 5) is 0. The smallest absolute Gasteiger partial charge is 0.00441 e. The zero-order valence-corrected chi connectivity index (χ0v) is 8.58. The minimum absolute atomic E-state index is 0.455. The molecule has 0 aromatic carbocycles. The van der Waals surface area contributed by atoms with E-state index in [-0.39, 0.29) is 0 Å². The SMILES string of the molecule is C[C@@H](N)[C@H]1[C@@H]2CC[C@H]3C[C@H](C2)C[C@@H]31. The van der Waals surface area contributed by atoms with Crippen molar-refractivity contribution in [3.63, 3.8) is 0 Å². The van der Waals surface area contributed by atoms with E-state index in [4.69, 9.17) is 5.73 Å². The molecule has 0 saturated heterocycles. The molecule has 1 nitrogen and oxygen atoms in total. The maximum absolute atomic E-state index is 6.14. The van der Waals surface area contributed by atoms with Crippen molar-refractivity contribution >= 4 is 0 Å². The second-order valence-corrected chi connectivity index (χ2v) is 5.77. The highest BCUT2D eigenvalue weighted by Crippen LogP contribution is 2.58. The van der Waals surface area contributed by atoms with Crippen LogP contribution in [0.5, 0.6) is 0 Å². The second kappa shape index (κ2) is 2.73. The van der Waals surface area contributed by atoms with Crippen molar-refractivity contribution in [2.75, 3.05) is 0 Å². The molecule has 74 valence electrons. The van der Waals surface area contributed by atoms with Crippen molar-refractivity contribution in [2.24, 2.45) is 35.3 Å². The summed E-state index contributed by atoms with van der Waals surface area (Å²) < 4.78 is 0. The van der Waals surface area contributed by atoms with Crippen LogP contribution < -0.4 is 5.73 Å². The van der Waals surface area contributed by atoms with Gasteiger partial charge in [-0.2, -0.15) is 0 Å². The largest absolute Gasteiger partial charge is 0.328 e. The van der Waals surface area contributed by atoms with Gasteiger partial charge in [0.1, 0.15) is 0 Å². The van der Waals surface area contributed by atoms with Gasteiger partial charge >= 0.3 is 0 Å². The summed E-state index contributed by atoms with van der Waals surface area (Å²) in [5.41, 5.74) is 6.14. The molecule has 0 spiro atoms. The van der Waals surface area contributed by atoms with Crippen LogP contribution >= 0.6 is 0 Å². The van der Waals surface area contributed by atoms with E-state index in [9.17, 15) is 0 Å². The Hall–Kier alpha value is -0.0400. The topological polar surface area (TPSA) is 26.0 Å². The number of hydrogen-bond donors (Lipinski definition) is 1. The summed E-state index contributed by atoms with van der Waals surface area (Å²) in [6.07, 6.45) is 7.59. The van der Waals surface area contributed by atoms with Gasteiger partial charge in [-0.25, -0.2) is 0 Å². The molecular formula is C12H21N. The van der Waals surface area contributed by atoms with Crippen LogP contribution in [0.15, 0.2) is 0 Å². The summed E-state index contributed by atoms with van der Waals surface area (Å²) in [6, 6.07) is 0.455. The number of hydrogen-bond acceptors (Lipinski definition) is 1. The zero-order valence-electron chi connectivity index (χ0n) is 8.58. The average Bonchev–Trinajstić information content (AvgIpc) is 2.27. The molecule has 0 heterocycles. The Bertz CT molecular complexity index is 211. The summed E-state index contributed by atoms with van der Waals surface area (Å²) in [5.74, 6) is 5.08. The lowest BCUT2D eigenvalue weighted by atomic mass is 9.62. The standard InChI is InChI=1S/C12H21N/c1-7(13)12-10-3-2-9-4-8(5-10)6-11(9)12/h7-12H,2-6,13H2,1H3/t7-,8-,9+,10-,11+,12+/m1/s1. The molecule has 0 aromatic heterocycles. The van der Waals surface area contributed by atoms with Gasteiger partial charge in [-0.1, -0.05) is 0 Å². The lowest BCUT2D eigenvalue weighted by Gasteiger charge is -2.44. The Kier molecular flexibility index (Phi) is 1.74. The highest BCUT2D eigenvalue weighted by molar-refractivity contribution is 5.01. The highest BCUT2D eigenvalue weighted by atomic mass is 14.7.